The molecule has 0 unspecified atom stereocenters. The van der Waals surface area contributed by atoms with E-state index in [1.807, 2.05) is 6.07 Å². The highest BCUT2D eigenvalue weighted by atomic mass is 32.2. The van der Waals surface area contributed by atoms with Crippen molar-refractivity contribution in [1.82, 2.24) is 0 Å². The highest BCUT2D eigenvalue weighted by molar-refractivity contribution is 7.91. The average Bonchev–Trinajstić information content (AvgIpc) is 2.46. The van der Waals surface area contributed by atoms with Crippen LogP contribution in [0.5, 0.6) is 0 Å². The molecule has 114 valence electrons. The Morgan fingerprint density at radius 1 is 0.900 bits per heavy atom. The zero-order valence-electron chi connectivity index (χ0n) is 12.4. The van der Waals surface area contributed by atoms with Gasteiger partial charge in [0.1, 0.15) is 0 Å². The Morgan fingerprint density at radius 3 is 2.25 bits per heavy atom. The molecule has 3 nitrogen and oxygen atoms in total. The van der Waals surface area contributed by atoms with E-state index in [1.165, 1.54) is 32.1 Å². The lowest BCUT2D eigenvalue weighted by molar-refractivity contribution is 0.144. The lowest BCUT2D eigenvalue weighted by Gasteiger charge is -2.06. The van der Waals surface area contributed by atoms with Crippen LogP contribution in [0.15, 0.2) is 35.2 Å². The van der Waals surface area contributed by atoms with Gasteiger partial charge in [-0.05, 0) is 18.6 Å². The first-order valence-corrected chi connectivity index (χ1v) is 9.17. The molecule has 1 aromatic rings. The molecule has 0 saturated heterocycles. The van der Waals surface area contributed by atoms with Crippen molar-refractivity contribution in [2.75, 3.05) is 19.0 Å². The van der Waals surface area contributed by atoms with E-state index in [-0.39, 0.29) is 12.4 Å². The molecule has 0 aliphatic heterocycles. The Bertz CT molecular complexity index is 440. The molecule has 0 bridgehead atoms. The van der Waals surface area contributed by atoms with E-state index in [9.17, 15) is 8.42 Å². The number of benzene rings is 1. The van der Waals surface area contributed by atoms with Gasteiger partial charge in [0.05, 0.1) is 17.3 Å². The van der Waals surface area contributed by atoms with Crippen LogP contribution in [0, 0.1) is 0 Å². The lowest BCUT2D eigenvalue weighted by Crippen LogP contribution is -2.13. The van der Waals surface area contributed by atoms with Gasteiger partial charge in [0, 0.05) is 6.61 Å². The minimum Gasteiger partial charge on any atom is -0.380 e. The van der Waals surface area contributed by atoms with Crippen LogP contribution in [0.4, 0.5) is 0 Å². The molecule has 1 rings (SSSR count). The number of hydrogen-bond donors (Lipinski definition) is 0. The van der Waals surface area contributed by atoms with Crippen LogP contribution in [0.25, 0.3) is 0 Å². The monoisotopic (exact) mass is 298 g/mol. The summed E-state index contributed by atoms with van der Waals surface area (Å²) in [6.07, 6.45) is 7.29. The van der Waals surface area contributed by atoms with E-state index in [0.29, 0.717) is 11.5 Å². The van der Waals surface area contributed by atoms with E-state index in [1.54, 1.807) is 24.3 Å². The summed E-state index contributed by atoms with van der Waals surface area (Å²) in [5.41, 5.74) is 0. The molecule has 0 aliphatic rings. The van der Waals surface area contributed by atoms with Gasteiger partial charge in [0.25, 0.3) is 0 Å². The van der Waals surface area contributed by atoms with Crippen LogP contribution in [0.2, 0.25) is 0 Å². The van der Waals surface area contributed by atoms with Gasteiger partial charge < -0.3 is 4.74 Å². The molecule has 1 aromatic carbocycles. The fourth-order valence-electron chi connectivity index (χ4n) is 2.00. The summed E-state index contributed by atoms with van der Waals surface area (Å²) in [6, 6.07) is 8.55. The maximum Gasteiger partial charge on any atom is 0.180 e. The summed E-state index contributed by atoms with van der Waals surface area (Å²) in [5, 5.41) is 0. The van der Waals surface area contributed by atoms with Crippen molar-refractivity contribution in [3.8, 4) is 0 Å². The highest BCUT2D eigenvalue weighted by Gasteiger charge is 2.12. The number of rotatable bonds is 11. The molecule has 0 saturated carbocycles. The summed E-state index contributed by atoms with van der Waals surface area (Å²) < 4.78 is 29.3. The number of ether oxygens (including phenoxy) is 1. The Labute approximate surface area is 123 Å². The molecule has 0 spiro atoms. The Hall–Kier alpha value is -0.870. The van der Waals surface area contributed by atoms with E-state index >= 15 is 0 Å². The average molecular weight is 298 g/mol. The van der Waals surface area contributed by atoms with Crippen LogP contribution >= 0.6 is 0 Å². The zero-order valence-corrected chi connectivity index (χ0v) is 13.2. The summed E-state index contributed by atoms with van der Waals surface area (Å²) >= 11 is 0. The Balaban J connectivity index is 2.09. The Kier molecular flexibility index (Phi) is 8.54. The first-order valence-electron chi connectivity index (χ1n) is 7.52. The Morgan fingerprint density at radius 2 is 1.55 bits per heavy atom. The number of hydrogen-bond acceptors (Lipinski definition) is 3. The van der Waals surface area contributed by atoms with Gasteiger partial charge in [-0.2, -0.15) is 0 Å². The van der Waals surface area contributed by atoms with Crippen LogP contribution in [0.1, 0.15) is 45.4 Å². The lowest BCUT2D eigenvalue weighted by atomic mass is 10.1. The van der Waals surface area contributed by atoms with Crippen molar-refractivity contribution < 1.29 is 13.2 Å². The van der Waals surface area contributed by atoms with Crippen LogP contribution in [0.3, 0.4) is 0 Å². The van der Waals surface area contributed by atoms with Crippen LogP contribution in [-0.2, 0) is 14.6 Å². The predicted octanol–water partition coefficient (Wildman–Crippen LogP) is 3.84. The van der Waals surface area contributed by atoms with E-state index in [4.69, 9.17) is 4.74 Å². The second kappa shape index (κ2) is 9.94. The van der Waals surface area contributed by atoms with Crippen molar-refractivity contribution in [3.63, 3.8) is 0 Å². The molecule has 4 heteroatoms. The molecule has 0 N–H and O–H groups in total. The summed E-state index contributed by atoms with van der Waals surface area (Å²) in [4.78, 5) is 0.378. The van der Waals surface area contributed by atoms with E-state index < -0.39 is 9.84 Å². The predicted molar refractivity (Wildman–Crippen MR) is 82.7 cm³/mol. The molecule has 0 atom stereocenters. The third-order valence-electron chi connectivity index (χ3n) is 3.24. The van der Waals surface area contributed by atoms with Crippen molar-refractivity contribution in [1.29, 1.82) is 0 Å². The van der Waals surface area contributed by atoms with Gasteiger partial charge in [-0.1, -0.05) is 57.2 Å². The smallest absolute Gasteiger partial charge is 0.180 e. The van der Waals surface area contributed by atoms with Gasteiger partial charge in [0.15, 0.2) is 9.84 Å². The molecule has 0 aromatic heterocycles. The van der Waals surface area contributed by atoms with Crippen molar-refractivity contribution in [2.45, 2.75) is 50.3 Å². The van der Waals surface area contributed by atoms with Gasteiger partial charge in [-0.3, -0.25) is 0 Å². The van der Waals surface area contributed by atoms with E-state index in [0.717, 1.165) is 6.42 Å². The topological polar surface area (TPSA) is 43.4 Å². The van der Waals surface area contributed by atoms with Crippen LogP contribution in [-0.4, -0.2) is 27.4 Å². The first-order chi connectivity index (χ1) is 9.67. The third-order valence-corrected chi connectivity index (χ3v) is 4.94. The van der Waals surface area contributed by atoms with Crippen LogP contribution < -0.4 is 0 Å². The minimum atomic E-state index is -3.19. The summed E-state index contributed by atoms with van der Waals surface area (Å²) in [7, 11) is -3.19. The zero-order chi connectivity index (χ0) is 14.7. The van der Waals surface area contributed by atoms with E-state index in [2.05, 4.69) is 6.92 Å². The quantitative estimate of drug-likeness (QED) is 0.583. The second-order valence-electron chi connectivity index (χ2n) is 5.01. The summed E-state index contributed by atoms with van der Waals surface area (Å²) in [5.74, 6) is 0.0623. The highest BCUT2D eigenvalue weighted by Crippen LogP contribution is 2.10. The van der Waals surface area contributed by atoms with Gasteiger partial charge in [-0.25, -0.2) is 8.42 Å². The molecule has 0 heterocycles. The largest absolute Gasteiger partial charge is 0.380 e. The first kappa shape index (κ1) is 17.2. The fraction of sp³-hybridized carbons (Fsp3) is 0.625. The standard InChI is InChI=1S/C16H26O3S/c1-2-3-4-5-6-10-13-19-14-15-20(17,18)16-11-8-7-9-12-16/h7-9,11-12H,2-6,10,13-15H2,1H3. The molecule has 0 aliphatic carbocycles. The number of unbranched alkanes of at least 4 members (excludes halogenated alkanes) is 5. The molecule has 0 amide bonds. The minimum absolute atomic E-state index is 0.0623. The number of sulfone groups is 1. The SMILES string of the molecule is CCCCCCCCOCCS(=O)(=O)c1ccccc1. The molecule has 0 fully saturated rings. The van der Waals surface area contributed by atoms with Gasteiger partial charge in [-0.15, -0.1) is 0 Å². The third kappa shape index (κ3) is 7.06. The van der Waals surface area contributed by atoms with Crippen molar-refractivity contribution >= 4 is 9.84 Å². The fourth-order valence-corrected chi connectivity index (χ4v) is 3.15. The van der Waals surface area contributed by atoms with Crippen molar-refractivity contribution in [2.24, 2.45) is 0 Å². The van der Waals surface area contributed by atoms with Gasteiger partial charge in [0.2, 0.25) is 0 Å². The van der Waals surface area contributed by atoms with Crippen molar-refractivity contribution in [3.05, 3.63) is 30.3 Å². The normalized spacial score (nSPS) is 11.7. The molecule has 0 radical (unpaired) electrons. The molecular weight excluding hydrogens is 272 g/mol. The summed E-state index contributed by atoms with van der Waals surface area (Å²) in [6.45, 7) is 3.15. The second-order valence-corrected chi connectivity index (χ2v) is 7.12. The maximum atomic E-state index is 12.0. The molecule has 20 heavy (non-hydrogen) atoms. The maximum absolute atomic E-state index is 12.0. The van der Waals surface area contributed by atoms with Gasteiger partial charge >= 0.3 is 0 Å². The molecular formula is C16H26O3S.